The first-order valence-corrected chi connectivity index (χ1v) is 11.8. The van der Waals surface area contributed by atoms with Crippen LogP contribution in [-0.2, 0) is 14.3 Å². The van der Waals surface area contributed by atoms with E-state index in [1.807, 2.05) is 67.3 Å². The van der Waals surface area contributed by atoms with Gasteiger partial charge in [-0.05, 0) is 36.6 Å². The summed E-state index contributed by atoms with van der Waals surface area (Å²) in [5.74, 6) is 0.121. The van der Waals surface area contributed by atoms with E-state index in [0.717, 1.165) is 35.5 Å². The van der Waals surface area contributed by atoms with E-state index in [9.17, 15) is 9.59 Å². The van der Waals surface area contributed by atoms with Gasteiger partial charge in [-0.2, -0.15) is 0 Å². The Kier molecular flexibility index (Phi) is 7.75. The second-order valence-corrected chi connectivity index (χ2v) is 8.93. The average molecular weight is 451 g/mol. The number of ether oxygens (including phenoxy) is 1. The molecule has 7 nitrogen and oxygen atoms in total. The summed E-state index contributed by atoms with van der Waals surface area (Å²) in [7, 11) is 0. The van der Waals surface area contributed by atoms with Crippen molar-refractivity contribution in [1.82, 2.24) is 14.7 Å². The highest BCUT2D eigenvalue weighted by atomic mass is 16.5. The van der Waals surface area contributed by atoms with Crippen molar-refractivity contribution in [2.45, 2.75) is 19.9 Å². The summed E-state index contributed by atoms with van der Waals surface area (Å²) >= 11 is 0. The molecule has 176 valence electrons. The summed E-state index contributed by atoms with van der Waals surface area (Å²) in [6, 6.07) is 15.6. The summed E-state index contributed by atoms with van der Waals surface area (Å²) < 4.78 is 5.38. The summed E-state index contributed by atoms with van der Waals surface area (Å²) in [5, 5.41) is 3.16. The predicted octanol–water partition coefficient (Wildman–Crippen LogP) is 2.46. The van der Waals surface area contributed by atoms with Crippen molar-refractivity contribution in [3.8, 4) is 0 Å². The molecule has 1 N–H and O–H groups in total. The fraction of sp³-hybridized carbons (Fsp3) is 0.462. The van der Waals surface area contributed by atoms with Crippen molar-refractivity contribution < 1.29 is 14.3 Å². The third-order valence-corrected chi connectivity index (χ3v) is 6.51. The molecule has 2 amide bonds. The van der Waals surface area contributed by atoms with Crippen LogP contribution in [0.4, 0.5) is 5.69 Å². The van der Waals surface area contributed by atoms with E-state index in [1.54, 1.807) is 0 Å². The van der Waals surface area contributed by atoms with Crippen LogP contribution in [0.2, 0.25) is 0 Å². The molecule has 2 aliphatic rings. The molecule has 1 unspecified atom stereocenters. The smallest absolute Gasteiger partial charge is 0.246 e. The second-order valence-electron chi connectivity index (χ2n) is 8.93. The number of nitrogens with zero attached hydrogens (tertiary/aromatic N) is 3. The Labute approximate surface area is 196 Å². The van der Waals surface area contributed by atoms with Crippen molar-refractivity contribution in [3.63, 3.8) is 0 Å². The van der Waals surface area contributed by atoms with Gasteiger partial charge >= 0.3 is 0 Å². The van der Waals surface area contributed by atoms with Gasteiger partial charge in [0, 0.05) is 45.0 Å². The Balaban J connectivity index is 1.43. The van der Waals surface area contributed by atoms with Gasteiger partial charge < -0.3 is 15.0 Å². The molecule has 2 fully saturated rings. The van der Waals surface area contributed by atoms with Crippen LogP contribution in [-0.4, -0.2) is 85.5 Å². The molecule has 2 aromatic carbocycles. The van der Waals surface area contributed by atoms with Crippen molar-refractivity contribution in [3.05, 3.63) is 65.2 Å². The summed E-state index contributed by atoms with van der Waals surface area (Å²) in [6.45, 7) is 10.0. The predicted molar refractivity (Wildman–Crippen MR) is 129 cm³/mol. The first-order chi connectivity index (χ1) is 16.0. The second kappa shape index (κ2) is 10.9. The summed E-state index contributed by atoms with van der Waals surface area (Å²) in [5.41, 5.74) is 3.97. The number of amides is 2. The standard InChI is InChI=1S/C26H34N4O3/c1-20-8-9-21(2)23(18-20)27-26(32)25(22-6-4-3-5-7-22)30-12-10-29(11-13-30)24(31)19-28-14-16-33-17-15-28/h3-9,18,25H,10-17,19H2,1-2H3,(H,27,32). The first kappa shape index (κ1) is 23.4. The molecule has 7 heteroatoms. The first-order valence-electron chi connectivity index (χ1n) is 11.8. The van der Waals surface area contributed by atoms with Crippen LogP contribution in [0.5, 0.6) is 0 Å². The molecule has 0 bridgehead atoms. The lowest BCUT2D eigenvalue weighted by molar-refractivity contribution is -0.136. The number of rotatable bonds is 6. The van der Waals surface area contributed by atoms with Crippen LogP contribution in [0.3, 0.4) is 0 Å². The zero-order chi connectivity index (χ0) is 23.2. The largest absolute Gasteiger partial charge is 0.379 e. The Morgan fingerprint density at radius 3 is 2.33 bits per heavy atom. The summed E-state index contributed by atoms with van der Waals surface area (Å²) in [4.78, 5) is 32.6. The third-order valence-electron chi connectivity index (χ3n) is 6.51. The van der Waals surface area contributed by atoms with Gasteiger partial charge in [-0.15, -0.1) is 0 Å². The molecule has 2 saturated heterocycles. The van der Waals surface area contributed by atoms with Gasteiger partial charge in [0.15, 0.2) is 0 Å². The van der Waals surface area contributed by atoms with Gasteiger partial charge in [0.05, 0.1) is 19.8 Å². The lowest BCUT2D eigenvalue weighted by Gasteiger charge is -2.39. The molecule has 4 rings (SSSR count). The molecule has 2 aliphatic heterocycles. The summed E-state index contributed by atoms with van der Waals surface area (Å²) in [6.07, 6.45) is 0. The zero-order valence-corrected chi connectivity index (χ0v) is 19.6. The van der Waals surface area contributed by atoms with E-state index in [1.165, 1.54) is 0 Å². The molecular formula is C26H34N4O3. The highest BCUT2D eigenvalue weighted by molar-refractivity contribution is 5.96. The van der Waals surface area contributed by atoms with Crippen LogP contribution in [0.25, 0.3) is 0 Å². The molecule has 0 saturated carbocycles. The number of carbonyl (C=O) groups is 2. The van der Waals surface area contributed by atoms with Gasteiger partial charge in [-0.1, -0.05) is 42.5 Å². The minimum atomic E-state index is -0.400. The molecule has 0 aliphatic carbocycles. The van der Waals surface area contributed by atoms with Crippen molar-refractivity contribution in [2.24, 2.45) is 0 Å². The third kappa shape index (κ3) is 5.99. The number of anilines is 1. The van der Waals surface area contributed by atoms with Crippen LogP contribution in [0.1, 0.15) is 22.7 Å². The van der Waals surface area contributed by atoms with Gasteiger partial charge in [-0.25, -0.2) is 0 Å². The van der Waals surface area contributed by atoms with Crippen molar-refractivity contribution >= 4 is 17.5 Å². The lowest BCUT2D eigenvalue weighted by Crippen LogP contribution is -2.54. The van der Waals surface area contributed by atoms with Crippen LogP contribution < -0.4 is 5.32 Å². The SMILES string of the molecule is Cc1ccc(C)c(NC(=O)C(c2ccccc2)N2CCN(C(=O)CN3CCOCC3)CC2)c1. The number of carbonyl (C=O) groups excluding carboxylic acids is 2. The van der Waals surface area contributed by atoms with Crippen molar-refractivity contribution in [2.75, 3.05) is 64.3 Å². The minimum absolute atomic E-state index is 0.0389. The number of morpholine rings is 1. The number of nitrogens with one attached hydrogen (secondary N) is 1. The molecule has 33 heavy (non-hydrogen) atoms. The topological polar surface area (TPSA) is 65.1 Å². The monoisotopic (exact) mass is 450 g/mol. The van der Waals surface area contributed by atoms with Crippen LogP contribution >= 0.6 is 0 Å². The van der Waals surface area contributed by atoms with Crippen LogP contribution in [0, 0.1) is 13.8 Å². The Bertz CT molecular complexity index is 951. The Morgan fingerprint density at radius 2 is 1.64 bits per heavy atom. The van der Waals surface area contributed by atoms with E-state index < -0.39 is 6.04 Å². The number of benzene rings is 2. The Hall–Kier alpha value is -2.74. The average Bonchev–Trinajstić information content (AvgIpc) is 2.83. The maximum absolute atomic E-state index is 13.5. The maximum Gasteiger partial charge on any atom is 0.246 e. The minimum Gasteiger partial charge on any atom is -0.379 e. The number of aryl methyl sites for hydroxylation is 2. The normalized spacial score (nSPS) is 18.7. The van der Waals surface area contributed by atoms with Gasteiger partial charge in [0.25, 0.3) is 0 Å². The van der Waals surface area contributed by atoms with E-state index in [2.05, 4.69) is 15.1 Å². The molecule has 0 radical (unpaired) electrons. The van der Waals surface area contributed by atoms with E-state index in [4.69, 9.17) is 4.74 Å². The number of piperazine rings is 1. The van der Waals surface area contributed by atoms with Crippen LogP contribution in [0.15, 0.2) is 48.5 Å². The fourth-order valence-electron chi connectivity index (χ4n) is 4.52. The molecule has 2 heterocycles. The van der Waals surface area contributed by atoms with Gasteiger partial charge in [-0.3, -0.25) is 19.4 Å². The lowest BCUT2D eigenvalue weighted by atomic mass is 10.0. The maximum atomic E-state index is 13.5. The van der Waals surface area contributed by atoms with E-state index in [-0.39, 0.29) is 11.8 Å². The highest BCUT2D eigenvalue weighted by Crippen LogP contribution is 2.26. The van der Waals surface area contributed by atoms with E-state index >= 15 is 0 Å². The highest BCUT2D eigenvalue weighted by Gasteiger charge is 2.32. The number of hydrogen-bond donors (Lipinski definition) is 1. The van der Waals surface area contributed by atoms with Gasteiger partial charge in [0.1, 0.15) is 6.04 Å². The number of hydrogen-bond acceptors (Lipinski definition) is 5. The van der Waals surface area contributed by atoms with Gasteiger partial charge in [0.2, 0.25) is 11.8 Å². The molecule has 2 aromatic rings. The molecule has 0 spiro atoms. The van der Waals surface area contributed by atoms with Crippen molar-refractivity contribution in [1.29, 1.82) is 0 Å². The molecule has 0 aromatic heterocycles. The molecular weight excluding hydrogens is 416 g/mol. The molecule has 1 atom stereocenters. The zero-order valence-electron chi connectivity index (χ0n) is 19.6. The van der Waals surface area contributed by atoms with E-state index in [0.29, 0.717) is 45.9 Å². The fourth-order valence-corrected chi connectivity index (χ4v) is 4.52. The quantitative estimate of drug-likeness (QED) is 0.733. The Morgan fingerprint density at radius 1 is 0.939 bits per heavy atom.